The number of hydrogen-bond acceptors (Lipinski definition) is 14. The maximum atomic E-state index is 15.0. The highest BCUT2D eigenvalue weighted by atomic mass is 31.1. The number of aliphatic hydroxyl groups is 2. The molecule has 4 aromatic rings. The van der Waals surface area contributed by atoms with Crippen molar-refractivity contribution in [1.29, 1.82) is 0 Å². The highest BCUT2D eigenvalue weighted by Crippen LogP contribution is 2.43. The second-order valence-electron chi connectivity index (χ2n) is 9.17. The summed E-state index contributed by atoms with van der Waals surface area (Å²) < 4.78 is 52.7. The molecule has 2 aliphatic heterocycles. The summed E-state index contributed by atoms with van der Waals surface area (Å²) in [5, 5.41) is 20.0. The lowest BCUT2D eigenvalue weighted by Gasteiger charge is -2.22. The van der Waals surface area contributed by atoms with Gasteiger partial charge in [0.25, 0.3) is 11.1 Å². The fourth-order valence-corrected chi connectivity index (χ4v) is 5.57. The molecule has 0 aliphatic carbocycles. The molecule has 2 saturated heterocycles. The summed E-state index contributed by atoms with van der Waals surface area (Å²) in [5.41, 5.74) is 2.92. The van der Waals surface area contributed by atoms with Gasteiger partial charge in [0.2, 0.25) is 11.7 Å². The molecule has 7 atom stereocenters. The molecule has 1 unspecified atom stereocenters. The Labute approximate surface area is 221 Å². The summed E-state index contributed by atoms with van der Waals surface area (Å²) in [6.45, 7) is -1.15. The number of rotatable bonds is 8. The van der Waals surface area contributed by atoms with Crippen molar-refractivity contribution in [3.8, 4) is 0 Å². The van der Waals surface area contributed by atoms with Crippen LogP contribution in [0.5, 0.6) is 0 Å². The molecule has 0 bridgehead atoms. The molecule has 18 nitrogen and oxygen atoms in total. The fraction of sp³-hybridized carbons (Fsp3) is 0.500. The minimum atomic E-state index is -2.98. The zero-order valence-electron chi connectivity index (χ0n) is 20.3. The van der Waals surface area contributed by atoms with Gasteiger partial charge < -0.3 is 30.4 Å². The van der Waals surface area contributed by atoms with Crippen LogP contribution in [0.4, 0.5) is 10.3 Å². The van der Waals surface area contributed by atoms with Crippen molar-refractivity contribution in [3.63, 3.8) is 0 Å². The highest BCUT2D eigenvalue weighted by Gasteiger charge is 2.53. The van der Waals surface area contributed by atoms with Crippen molar-refractivity contribution in [2.75, 3.05) is 25.6 Å². The summed E-state index contributed by atoms with van der Waals surface area (Å²) in [4.78, 5) is 44.9. The first kappa shape index (κ1) is 26.5. The summed E-state index contributed by atoms with van der Waals surface area (Å²) in [6.07, 6.45) is -3.54. The van der Waals surface area contributed by atoms with Crippen molar-refractivity contribution in [1.82, 2.24) is 39.0 Å². The van der Waals surface area contributed by atoms with Gasteiger partial charge in [-0.1, -0.05) is 4.52 Å². The Balaban J connectivity index is 1.20. The summed E-state index contributed by atoms with van der Waals surface area (Å²) in [7, 11) is -2.98. The van der Waals surface area contributed by atoms with Gasteiger partial charge in [0.05, 0.1) is 31.7 Å². The maximum absolute atomic E-state index is 15.0. The Bertz CT molecular complexity index is 1710. The van der Waals surface area contributed by atoms with Gasteiger partial charge in [-0.05, 0) is 0 Å². The lowest BCUT2D eigenvalue weighted by molar-refractivity contribution is -0.0533. The largest absolute Gasteiger partial charge is 0.700 e. The monoisotopic (exact) mass is 582 g/mol. The number of nitrogens with two attached hydrogens (primary N) is 1. The first-order chi connectivity index (χ1) is 19.2. The number of fused-ring (bicyclic) bond motifs is 2. The van der Waals surface area contributed by atoms with Crippen LogP contribution in [0, 0.1) is 0 Å². The van der Waals surface area contributed by atoms with Crippen LogP contribution < -0.4 is 16.9 Å². The van der Waals surface area contributed by atoms with E-state index in [1.54, 1.807) is 0 Å². The van der Waals surface area contributed by atoms with Gasteiger partial charge in [-0.25, -0.2) is 19.3 Å². The molecule has 0 amide bonds. The topological polar surface area (TPSA) is 248 Å². The zero-order chi connectivity index (χ0) is 28.2. The average molecular weight is 582 g/mol. The van der Waals surface area contributed by atoms with Crippen molar-refractivity contribution >= 4 is 36.5 Å². The number of halogens is 1. The average Bonchev–Trinajstić information content (AvgIpc) is 3.70. The molecule has 0 saturated carbocycles. The van der Waals surface area contributed by atoms with Crippen LogP contribution in [0.1, 0.15) is 12.6 Å². The number of anilines is 1. The lowest BCUT2D eigenvalue weighted by atomic mass is 10.1. The molecule has 212 valence electrons. The number of nitrogen functional groups attached to an aromatic ring is 1. The number of aromatic amines is 2. The second-order valence-corrected chi connectivity index (χ2v) is 10.1. The number of H-pyrrole nitrogens is 2. The third kappa shape index (κ3) is 4.37. The minimum absolute atomic E-state index is 0.0181. The number of aromatic nitrogens is 8. The molecular weight excluding hydrogens is 560 g/mol. The molecule has 0 spiro atoms. The second kappa shape index (κ2) is 10.0. The number of ether oxygens (including phenoxy) is 2. The van der Waals surface area contributed by atoms with Gasteiger partial charge in [0.15, 0.2) is 34.7 Å². The van der Waals surface area contributed by atoms with Gasteiger partial charge in [-0.2, -0.15) is 4.98 Å². The van der Waals surface area contributed by atoms with Crippen molar-refractivity contribution in [2.24, 2.45) is 0 Å². The fourth-order valence-electron chi connectivity index (χ4n) is 4.75. The Morgan fingerprint density at radius 3 is 2.77 bits per heavy atom. The number of aliphatic hydroxyl groups excluding tert-OH is 2. The first-order valence-corrected chi connectivity index (χ1v) is 12.9. The van der Waals surface area contributed by atoms with E-state index in [2.05, 4.69) is 29.9 Å². The Kier molecular flexibility index (Phi) is 6.65. The summed E-state index contributed by atoms with van der Waals surface area (Å²) in [6, 6.07) is 0. The molecule has 6 rings (SSSR count). The molecule has 0 radical (unpaired) electrons. The van der Waals surface area contributed by atoms with Crippen LogP contribution in [-0.4, -0.2) is 93.6 Å². The molecule has 2 aliphatic rings. The maximum Gasteiger partial charge on any atom is 0.700 e. The van der Waals surface area contributed by atoms with E-state index in [1.165, 1.54) is 15.5 Å². The first-order valence-electron chi connectivity index (χ1n) is 11.8. The van der Waals surface area contributed by atoms with E-state index in [4.69, 9.17) is 24.3 Å². The summed E-state index contributed by atoms with van der Waals surface area (Å²) >= 11 is 0. The third-order valence-electron chi connectivity index (χ3n) is 6.68. The van der Waals surface area contributed by atoms with E-state index in [9.17, 15) is 24.4 Å². The SMILES string of the molecule is Nc1nc2c(ncn2[C@]2(O[P+](=O)OC[C@H]3O[C@@H](n4cnc5c(=O)[nH]cnc54)[C@@H](F)[C@@H]3O)CO[C@H](CO)C2)c(=O)[nH]1. The Morgan fingerprint density at radius 2 is 2.00 bits per heavy atom. The molecule has 20 heteroatoms. The molecule has 40 heavy (non-hydrogen) atoms. The number of nitrogens with zero attached hydrogens (tertiary/aromatic N) is 6. The van der Waals surface area contributed by atoms with E-state index in [-0.39, 0.29) is 47.9 Å². The van der Waals surface area contributed by atoms with Gasteiger partial charge in [0.1, 0.15) is 25.4 Å². The van der Waals surface area contributed by atoms with Crippen LogP contribution in [0.3, 0.4) is 0 Å². The standard InChI is InChI=1S/C20H21FN9O9P/c21-10-13(32)9(38-18(10)29-6-25-11-14(29)23-5-24-16(11)33)3-37-40(35)39-20(1-8(2-31)36-4-20)30-7-26-12-15(30)27-19(22)28-17(12)34/h5-10,13,18,31-32H,1-4H2,(H3-,22,23,24,27,28,33,34)/p+1/t8-,9+,10-,13+,18+,20+/m0/s1. The zero-order valence-corrected chi connectivity index (χ0v) is 21.2. The van der Waals surface area contributed by atoms with Crippen LogP contribution in [-0.2, 0) is 28.8 Å². The van der Waals surface area contributed by atoms with Crippen molar-refractivity contribution in [3.05, 3.63) is 39.7 Å². The quantitative estimate of drug-likeness (QED) is 0.149. The van der Waals surface area contributed by atoms with Gasteiger partial charge in [-0.3, -0.25) is 23.7 Å². The van der Waals surface area contributed by atoms with Crippen LogP contribution in [0.25, 0.3) is 22.3 Å². The number of nitrogens with one attached hydrogen (secondary N) is 2. The van der Waals surface area contributed by atoms with E-state index < -0.39 is 62.4 Å². The van der Waals surface area contributed by atoms with Crippen LogP contribution in [0.15, 0.2) is 28.6 Å². The van der Waals surface area contributed by atoms with E-state index in [0.717, 1.165) is 12.7 Å². The van der Waals surface area contributed by atoms with Crippen LogP contribution in [0.2, 0.25) is 0 Å². The lowest BCUT2D eigenvalue weighted by Crippen LogP contribution is -2.36. The normalized spacial score (nSPS) is 29.1. The predicted molar refractivity (Wildman–Crippen MR) is 130 cm³/mol. The van der Waals surface area contributed by atoms with Gasteiger partial charge >= 0.3 is 8.25 Å². The molecular formula is C20H22FN9O9P+. The van der Waals surface area contributed by atoms with Gasteiger partial charge in [0, 0.05) is 11.0 Å². The molecule has 0 aromatic carbocycles. The van der Waals surface area contributed by atoms with Crippen LogP contribution >= 0.6 is 8.25 Å². The van der Waals surface area contributed by atoms with Gasteiger partial charge in [-0.15, -0.1) is 4.52 Å². The molecule has 2 fully saturated rings. The Morgan fingerprint density at radius 1 is 1.23 bits per heavy atom. The highest BCUT2D eigenvalue weighted by molar-refractivity contribution is 7.33. The van der Waals surface area contributed by atoms with Crippen molar-refractivity contribution in [2.45, 2.75) is 42.9 Å². The third-order valence-corrected chi connectivity index (χ3v) is 7.53. The van der Waals surface area contributed by atoms with Crippen molar-refractivity contribution < 1.29 is 37.7 Å². The number of hydrogen-bond donors (Lipinski definition) is 5. The Hall–Kier alpha value is -3.71. The van der Waals surface area contributed by atoms with E-state index >= 15 is 4.39 Å². The predicted octanol–water partition coefficient (Wildman–Crippen LogP) is -1.44. The molecule has 6 N–H and O–H groups in total. The molecule has 6 heterocycles. The smallest absolute Gasteiger partial charge is 0.394 e. The summed E-state index contributed by atoms with van der Waals surface area (Å²) in [5.74, 6) is -0.194. The van der Waals surface area contributed by atoms with E-state index in [0.29, 0.717) is 0 Å². The van der Waals surface area contributed by atoms with E-state index in [1.807, 2.05) is 0 Å². The number of alkyl halides is 1. The molecule has 4 aromatic heterocycles. The number of imidazole rings is 2. The minimum Gasteiger partial charge on any atom is -0.394 e.